The van der Waals surface area contributed by atoms with Crippen LogP contribution in [0.1, 0.15) is 16.8 Å². The summed E-state index contributed by atoms with van der Waals surface area (Å²) in [7, 11) is 0. The number of nitrogens with zero attached hydrogens (tertiary/aromatic N) is 3. The van der Waals surface area contributed by atoms with Crippen LogP contribution < -0.4 is 0 Å². The maximum atomic E-state index is 12.7. The first-order valence-electron chi connectivity index (χ1n) is 7.75. The Morgan fingerprint density at radius 1 is 1.14 bits per heavy atom. The van der Waals surface area contributed by atoms with E-state index >= 15 is 0 Å². The van der Waals surface area contributed by atoms with Crippen LogP contribution in [0.15, 0.2) is 43.0 Å². The molecule has 5 nitrogen and oxygen atoms in total. The Hall–Kier alpha value is -2.14. The lowest BCUT2D eigenvalue weighted by Gasteiger charge is -2.41. The molecule has 2 atom stereocenters. The van der Waals surface area contributed by atoms with Crippen molar-refractivity contribution in [2.75, 3.05) is 26.3 Å². The second-order valence-corrected chi connectivity index (χ2v) is 6.23. The van der Waals surface area contributed by atoms with Crippen LogP contribution in [0.4, 0.5) is 0 Å². The third-order valence-corrected chi connectivity index (χ3v) is 4.53. The predicted molar refractivity (Wildman–Crippen MR) is 81.9 cm³/mol. The van der Waals surface area contributed by atoms with Gasteiger partial charge in [-0.25, -0.2) is 4.98 Å². The number of hydrogen-bond acceptors (Lipinski definition) is 3. The molecule has 4 rings (SSSR count). The zero-order chi connectivity index (χ0) is 14.9. The van der Waals surface area contributed by atoms with Gasteiger partial charge in [0.1, 0.15) is 0 Å². The van der Waals surface area contributed by atoms with Crippen molar-refractivity contribution < 1.29 is 9.53 Å². The van der Waals surface area contributed by atoms with Gasteiger partial charge in [0.2, 0.25) is 0 Å². The van der Waals surface area contributed by atoms with Crippen molar-refractivity contribution in [3.63, 3.8) is 0 Å². The molecule has 0 N–H and O–H groups in total. The first-order chi connectivity index (χ1) is 10.8. The topological polar surface area (TPSA) is 47.4 Å². The monoisotopic (exact) mass is 297 g/mol. The maximum absolute atomic E-state index is 12.7. The van der Waals surface area contributed by atoms with Gasteiger partial charge in [0.15, 0.2) is 0 Å². The summed E-state index contributed by atoms with van der Waals surface area (Å²) in [5.74, 6) is 1.14. The molecule has 0 spiro atoms. The van der Waals surface area contributed by atoms with Crippen molar-refractivity contribution in [1.82, 2.24) is 14.5 Å². The largest absolute Gasteiger partial charge is 0.381 e. The second-order valence-electron chi connectivity index (χ2n) is 6.23. The number of piperidine rings is 1. The molecule has 0 aliphatic carbocycles. The van der Waals surface area contributed by atoms with E-state index in [1.807, 2.05) is 39.9 Å². The van der Waals surface area contributed by atoms with E-state index in [2.05, 4.69) is 4.98 Å². The number of carbonyl (C=O) groups is 1. The highest BCUT2D eigenvalue weighted by Gasteiger charge is 2.33. The smallest absolute Gasteiger partial charge is 0.253 e. The van der Waals surface area contributed by atoms with Crippen LogP contribution in [0, 0.1) is 11.8 Å². The Labute approximate surface area is 129 Å². The van der Waals surface area contributed by atoms with Crippen LogP contribution in [-0.2, 0) is 4.74 Å². The van der Waals surface area contributed by atoms with Gasteiger partial charge in [-0.1, -0.05) is 0 Å². The molecule has 3 heterocycles. The third kappa shape index (κ3) is 2.52. The van der Waals surface area contributed by atoms with Gasteiger partial charge in [0.05, 0.1) is 19.5 Å². The molecule has 1 aromatic carbocycles. The molecule has 0 radical (unpaired) electrons. The Morgan fingerprint density at radius 3 is 2.50 bits per heavy atom. The number of imidazole rings is 1. The summed E-state index contributed by atoms with van der Waals surface area (Å²) in [5.41, 5.74) is 1.77. The number of carbonyl (C=O) groups excluding carboxylic acids is 1. The van der Waals surface area contributed by atoms with Gasteiger partial charge < -0.3 is 14.2 Å². The fourth-order valence-corrected chi connectivity index (χ4v) is 3.50. The van der Waals surface area contributed by atoms with E-state index in [1.54, 1.807) is 12.5 Å². The summed E-state index contributed by atoms with van der Waals surface area (Å²) in [5, 5.41) is 0. The number of benzene rings is 1. The molecule has 2 aliphatic heterocycles. The van der Waals surface area contributed by atoms with E-state index in [4.69, 9.17) is 4.74 Å². The molecule has 114 valence electrons. The number of aromatic nitrogens is 2. The Morgan fingerprint density at radius 2 is 1.86 bits per heavy atom. The zero-order valence-corrected chi connectivity index (χ0v) is 12.4. The molecule has 2 unspecified atom stereocenters. The minimum absolute atomic E-state index is 0.133. The summed E-state index contributed by atoms with van der Waals surface area (Å²) in [6.07, 6.45) is 6.59. The van der Waals surface area contributed by atoms with Gasteiger partial charge in [-0.15, -0.1) is 0 Å². The molecule has 2 bridgehead atoms. The molecule has 2 aliphatic rings. The van der Waals surface area contributed by atoms with Gasteiger partial charge in [-0.2, -0.15) is 0 Å². The highest BCUT2D eigenvalue weighted by molar-refractivity contribution is 5.94. The average molecular weight is 297 g/mol. The summed E-state index contributed by atoms with van der Waals surface area (Å²) in [4.78, 5) is 18.7. The molecule has 2 saturated heterocycles. The molecule has 5 heteroatoms. The molecule has 1 amide bonds. The molecule has 2 aromatic rings. The number of amides is 1. The highest BCUT2D eigenvalue weighted by atomic mass is 16.5. The van der Waals surface area contributed by atoms with E-state index in [9.17, 15) is 4.79 Å². The predicted octanol–water partition coefficient (Wildman–Crippen LogP) is 1.98. The zero-order valence-electron chi connectivity index (χ0n) is 12.4. The van der Waals surface area contributed by atoms with E-state index in [0.717, 1.165) is 37.6 Å². The number of ether oxygens (including phenoxy) is 1. The van der Waals surface area contributed by atoms with E-state index < -0.39 is 0 Å². The number of rotatable bonds is 2. The lowest BCUT2D eigenvalue weighted by atomic mass is 9.88. The highest BCUT2D eigenvalue weighted by Crippen LogP contribution is 2.27. The van der Waals surface area contributed by atoms with Crippen LogP contribution in [0.2, 0.25) is 0 Å². The van der Waals surface area contributed by atoms with E-state index in [1.165, 1.54) is 6.42 Å². The fourth-order valence-electron chi connectivity index (χ4n) is 3.50. The number of likely N-dealkylation sites (tertiary alicyclic amines) is 1. The van der Waals surface area contributed by atoms with Crippen LogP contribution >= 0.6 is 0 Å². The summed E-state index contributed by atoms with van der Waals surface area (Å²) < 4.78 is 7.51. The van der Waals surface area contributed by atoms with Gasteiger partial charge in [0.25, 0.3) is 5.91 Å². The number of hydrogen-bond donors (Lipinski definition) is 0. The normalized spacial score (nSPS) is 24.3. The lowest BCUT2D eigenvalue weighted by Crippen LogP contribution is -2.49. The molecule has 1 aromatic heterocycles. The van der Waals surface area contributed by atoms with Crippen molar-refractivity contribution in [1.29, 1.82) is 0 Å². The van der Waals surface area contributed by atoms with Gasteiger partial charge in [-0.05, 0) is 30.7 Å². The molecule has 0 saturated carbocycles. The van der Waals surface area contributed by atoms with Crippen molar-refractivity contribution >= 4 is 5.91 Å². The SMILES string of the molecule is O=C(c1ccc(-n2ccnc2)cc1)N1CC2COCC(C2)C1. The van der Waals surface area contributed by atoms with Crippen molar-refractivity contribution in [2.45, 2.75) is 6.42 Å². The summed E-state index contributed by atoms with van der Waals surface area (Å²) >= 11 is 0. The quantitative estimate of drug-likeness (QED) is 0.851. The third-order valence-electron chi connectivity index (χ3n) is 4.53. The van der Waals surface area contributed by atoms with Gasteiger partial charge in [0, 0.05) is 48.6 Å². The van der Waals surface area contributed by atoms with Crippen molar-refractivity contribution in [3.05, 3.63) is 48.5 Å². The van der Waals surface area contributed by atoms with Crippen LogP contribution in [0.25, 0.3) is 5.69 Å². The lowest BCUT2D eigenvalue weighted by molar-refractivity contribution is -0.0338. The summed E-state index contributed by atoms with van der Waals surface area (Å²) in [6.45, 7) is 3.22. The van der Waals surface area contributed by atoms with E-state index in [0.29, 0.717) is 11.8 Å². The van der Waals surface area contributed by atoms with Crippen LogP contribution in [-0.4, -0.2) is 46.7 Å². The summed E-state index contributed by atoms with van der Waals surface area (Å²) in [6, 6.07) is 7.72. The maximum Gasteiger partial charge on any atom is 0.253 e. The number of fused-ring (bicyclic) bond motifs is 2. The van der Waals surface area contributed by atoms with Crippen LogP contribution in [0.5, 0.6) is 0 Å². The molecule has 22 heavy (non-hydrogen) atoms. The minimum atomic E-state index is 0.133. The molecular formula is C17H19N3O2. The first-order valence-corrected chi connectivity index (χ1v) is 7.75. The Bertz CT molecular complexity index is 639. The molecule has 2 fully saturated rings. The fraction of sp³-hybridized carbons (Fsp3) is 0.412. The standard InChI is InChI=1S/C17H19N3O2/c21-17(20-8-13-7-14(9-20)11-22-10-13)15-1-3-16(4-2-15)19-6-5-18-12-19/h1-6,12-14H,7-11H2. The first kappa shape index (κ1) is 13.5. The second kappa shape index (κ2) is 5.57. The Balaban J connectivity index is 1.50. The van der Waals surface area contributed by atoms with Crippen molar-refractivity contribution in [3.8, 4) is 5.69 Å². The van der Waals surface area contributed by atoms with E-state index in [-0.39, 0.29) is 5.91 Å². The van der Waals surface area contributed by atoms with Gasteiger partial charge >= 0.3 is 0 Å². The van der Waals surface area contributed by atoms with Crippen LogP contribution in [0.3, 0.4) is 0 Å². The average Bonchev–Trinajstić information content (AvgIpc) is 3.08. The van der Waals surface area contributed by atoms with Crippen molar-refractivity contribution in [2.24, 2.45) is 11.8 Å². The Kier molecular flexibility index (Phi) is 3.42. The molecular weight excluding hydrogens is 278 g/mol. The minimum Gasteiger partial charge on any atom is -0.381 e. The van der Waals surface area contributed by atoms with Gasteiger partial charge in [-0.3, -0.25) is 4.79 Å².